The minimum Gasteiger partial charge on any atom is -0.309 e. The molecule has 0 bridgehead atoms. The average molecular weight is 234 g/mol. The summed E-state index contributed by atoms with van der Waals surface area (Å²) in [6.07, 6.45) is 9.57. The lowest BCUT2D eigenvalue weighted by molar-refractivity contribution is 0.462. The van der Waals surface area contributed by atoms with E-state index in [0.717, 1.165) is 6.54 Å². The van der Waals surface area contributed by atoms with Gasteiger partial charge in [-0.15, -0.1) is 0 Å². The van der Waals surface area contributed by atoms with Crippen LogP contribution in [0.15, 0.2) is 24.4 Å². The summed E-state index contributed by atoms with van der Waals surface area (Å²) in [6.45, 7) is 5.54. The van der Waals surface area contributed by atoms with E-state index in [-0.39, 0.29) is 0 Å². The first-order valence-electron chi connectivity index (χ1n) is 7.02. The van der Waals surface area contributed by atoms with Crippen molar-refractivity contribution in [2.45, 2.75) is 58.4 Å². The largest absolute Gasteiger partial charge is 0.309 e. The quantitative estimate of drug-likeness (QED) is 0.651. The van der Waals surface area contributed by atoms with Gasteiger partial charge >= 0.3 is 0 Å². The molecule has 0 aliphatic rings. The number of unbranched alkanes of at least 4 members (excludes halogenated alkanes) is 3. The number of hydrogen-bond acceptors (Lipinski definition) is 2. The summed E-state index contributed by atoms with van der Waals surface area (Å²) in [6, 6.07) is 6.63. The molecule has 0 amide bonds. The van der Waals surface area contributed by atoms with Crippen LogP contribution in [-0.2, 0) is 0 Å². The first kappa shape index (κ1) is 14.2. The molecule has 0 saturated heterocycles. The lowest BCUT2D eigenvalue weighted by atomic mass is 10.0. The van der Waals surface area contributed by atoms with Crippen molar-refractivity contribution < 1.29 is 0 Å². The highest BCUT2D eigenvalue weighted by molar-refractivity contribution is 5.08. The van der Waals surface area contributed by atoms with Crippen LogP contribution < -0.4 is 5.32 Å². The molecule has 1 aromatic heterocycles. The number of hydrogen-bond donors (Lipinski definition) is 1. The Morgan fingerprint density at radius 2 is 2.00 bits per heavy atom. The molecular formula is C15H26N2. The van der Waals surface area contributed by atoms with Gasteiger partial charge in [-0.3, -0.25) is 4.98 Å². The molecule has 2 nitrogen and oxygen atoms in total. The molecule has 17 heavy (non-hydrogen) atoms. The maximum absolute atomic E-state index is 4.47. The molecule has 1 rings (SSSR count). The summed E-state index contributed by atoms with van der Waals surface area (Å²) in [5.41, 5.74) is 1.19. The second kappa shape index (κ2) is 9.17. The van der Waals surface area contributed by atoms with E-state index in [0.29, 0.717) is 6.04 Å². The Kier molecular flexibility index (Phi) is 7.65. The molecule has 0 spiro atoms. The van der Waals surface area contributed by atoms with Gasteiger partial charge in [-0.1, -0.05) is 45.6 Å². The fourth-order valence-electron chi connectivity index (χ4n) is 2.03. The number of pyridine rings is 1. The molecule has 0 saturated carbocycles. The van der Waals surface area contributed by atoms with E-state index in [1.54, 1.807) is 0 Å². The molecule has 1 aromatic rings. The predicted molar refractivity (Wildman–Crippen MR) is 74.0 cm³/mol. The van der Waals surface area contributed by atoms with E-state index in [2.05, 4.69) is 36.3 Å². The Morgan fingerprint density at radius 3 is 2.65 bits per heavy atom. The van der Waals surface area contributed by atoms with Crippen molar-refractivity contribution in [3.8, 4) is 0 Å². The fourth-order valence-corrected chi connectivity index (χ4v) is 2.03. The van der Waals surface area contributed by atoms with Crippen LogP contribution in [0.25, 0.3) is 0 Å². The van der Waals surface area contributed by atoms with E-state index in [1.807, 2.05) is 12.3 Å². The molecule has 0 aliphatic heterocycles. The zero-order chi connectivity index (χ0) is 12.3. The molecule has 1 heterocycles. The second-order valence-electron chi connectivity index (χ2n) is 4.61. The molecule has 2 heteroatoms. The third kappa shape index (κ3) is 5.83. The number of aromatic nitrogens is 1. The van der Waals surface area contributed by atoms with Gasteiger partial charge in [-0.05, 0) is 31.5 Å². The van der Waals surface area contributed by atoms with E-state index < -0.39 is 0 Å². The average Bonchev–Trinajstić information content (AvgIpc) is 2.39. The van der Waals surface area contributed by atoms with E-state index in [9.17, 15) is 0 Å². The number of nitrogens with zero attached hydrogens (tertiary/aromatic N) is 1. The van der Waals surface area contributed by atoms with Crippen molar-refractivity contribution in [2.75, 3.05) is 6.54 Å². The van der Waals surface area contributed by atoms with Crippen LogP contribution in [0.3, 0.4) is 0 Å². The van der Waals surface area contributed by atoms with Gasteiger partial charge in [0, 0.05) is 12.2 Å². The van der Waals surface area contributed by atoms with Crippen LogP contribution in [0, 0.1) is 0 Å². The van der Waals surface area contributed by atoms with Crippen LogP contribution in [0.5, 0.6) is 0 Å². The third-order valence-electron chi connectivity index (χ3n) is 3.03. The summed E-state index contributed by atoms with van der Waals surface area (Å²) < 4.78 is 0. The summed E-state index contributed by atoms with van der Waals surface area (Å²) in [5, 5.41) is 3.60. The standard InChI is InChI=1S/C15H26N2/c1-3-5-6-7-10-14(16-12-4-2)15-11-8-9-13-17-15/h8-9,11,13-14,16H,3-7,10,12H2,1-2H3. The van der Waals surface area contributed by atoms with Gasteiger partial charge in [0.25, 0.3) is 0 Å². The molecule has 0 radical (unpaired) electrons. The first-order chi connectivity index (χ1) is 8.38. The Morgan fingerprint density at radius 1 is 1.12 bits per heavy atom. The molecule has 0 fully saturated rings. The molecule has 1 atom stereocenters. The van der Waals surface area contributed by atoms with Crippen molar-refractivity contribution in [1.29, 1.82) is 0 Å². The van der Waals surface area contributed by atoms with Crippen LogP contribution >= 0.6 is 0 Å². The molecule has 0 aliphatic carbocycles. The highest BCUT2D eigenvalue weighted by atomic mass is 14.9. The highest BCUT2D eigenvalue weighted by Gasteiger charge is 2.10. The van der Waals surface area contributed by atoms with Crippen LogP contribution in [0.4, 0.5) is 0 Å². The Hall–Kier alpha value is -0.890. The summed E-state index contributed by atoms with van der Waals surface area (Å²) in [7, 11) is 0. The molecule has 1 N–H and O–H groups in total. The van der Waals surface area contributed by atoms with Crippen molar-refractivity contribution in [2.24, 2.45) is 0 Å². The molecule has 96 valence electrons. The zero-order valence-electron chi connectivity index (χ0n) is 11.3. The number of rotatable bonds is 9. The molecule has 0 aromatic carbocycles. The van der Waals surface area contributed by atoms with Gasteiger partial charge in [0.05, 0.1) is 5.69 Å². The van der Waals surface area contributed by atoms with Crippen molar-refractivity contribution in [3.05, 3.63) is 30.1 Å². The van der Waals surface area contributed by atoms with Gasteiger partial charge < -0.3 is 5.32 Å². The van der Waals surface area contributed by atoms with Crippen LogP contribution in [0.1, 0.15) is 64.1 Å². The smallest absolute Gasteiger partial charge is 0.0573 e. The van der Waals surface area contributed by atoms with E-state index in [1.165, 1.54) is 44.2 Å². The van der Waals surface area contributed by atoms with Crippen molar-refractivity contribution in [3.63, 3.8) is 0 Å². The molecular weight excluding hydrogens is 208 g/mol. The first-order valence-corrected chi connectivity index (χ1v) is 7.02. The third-order valence-corrected chi connectivity index (χ3v) is 3.03. The number of nitrogens with one attached hydrogen (secondary N) is 1. The Bertz CT molecular complexity index is 272. The SMILES string of the molecule is CCCCCCC(NCCC)c1ccccn1. The zero-order valence-corrected chi connectivity index (χ0v) is 11.3. The Balaban J connectivity index is 2.43. The van der Waals surface area contributed by atoms with Gasteiger partial charge in [0.2, 0.25) is 0 Å². The lowest BCUT2D eigenvalue weighted by Gasteiger charge is -2.17. The monoisotopic (exact) mass is 234 g/mol. The summed E-state index contributed by atoms with van der Waals surface area (Å²) >= 11 is 0. The molecule has 1 unspecified atom stereocenters. The minimum atomic E-state index is 0.438. The highest BCUT2D eigenvalue weighted by Crippen LogP contribution is 2.18. The van der Waals surface area contributed by atoms with E-state index >= 15 is 0 Å². The summed E-state index contributed by atoms with van der Waals surface area (Å²) in [5.74, 6) is 0. The van der Waals surface area contributed by atoms with Gasteiger partial charge in [-0.2, -0.15) is 0 Å². The van der Waals surface area contributed by atoms with Gasteiger partial charge in [-0.25, -0.2) is 0 Å². The second-order valence-corrected chi connectivity index (χ2v) is 4.61. The van der Waals surface area contributed by atoms with Gasteiger partial charge in [0.15, 0.2) is 0 Å². The maximum atomic E-state index is 4.47. The van der Waals surface area contributed by atoms with Gasteiger partial charge in [0.1, 0.15) is 0 Å². The minimum absolute atomic E-state index is 0.438. The summed E-state index contributed by atoms with van der Waals surface area (Å²) in [4.78, 5) is 4.47. The Labute approximate surface area is 106 Å². The topological polar surface area (TPSA) is 24.9 Å². The fraction of sp³-hybridized carbons (Fsp3) is 0.667. The normalized spacial score (nSPS) is 12.6. The van der Waals surface area contributed by atoms with Crippen molar-refractivity contribution in [1.82, 2.24) is 10.3 Å². The maximum Gasteiger partial charge on any atom is 0.0573 e. The van der Waals surface area contributed by atoms with Crippen LogP contribution in [0.2, 0.25) is 0 Å². The van der Waals surface area contributed by atoms with Crippen molar-refractivity contribution >= 4 is 0 Å². The predicted octanol–water partition coefficient (Wildman–Crippen LogP) is 4.09. The van der Waals surface area contributed by atoms with E-state index in [4.69, 9.17) is 0 Å². The lowest BCUT2D eigenvalue weighted by Crippen LogP contribution is -2.23. The van der Waals surface area contributed by atoms with Crippen LogP contribution in [-0.4, -0.2) is 11.5 Å².